The quantitative estimate of drug-likeness (QED) is 0.751. The number of aromatic nitrogens is 1. The van der Waals surface area contributed by atoms with Crippen molar-refractivity contribution in [1.82, 2.24) is 4.98 Å². The normalized spacial score (nSPS) is 10.1. The molecule has 0 saturated carbocycles. The molecule has 0 aliphatic heterocycles. The Kier molecular flexibility index (Phi) is 2.17. The van der Waals surface area contributed by atoms with Gasteiger partial charge in [0, 0.05) is 5.39 Å². The highest BCUT2D eigenvalue weighted by molar-refractivity contribution is 5.93. The molecule has 0 fully saturated rings. The van der Waals surface area contributed by atoms with Gasteiger partial charge in [-0.15, -0.1) is 0 Å². The number of carbonyl (C=O) groups excluding carboxylic acids is 1. The van der Waals surface area contributed by atoms with Crippen molar-refractivity contribution in [3.05, 3.63) is 41.6 Å². The van der Waals surface area contributed by atoms with E-state index in [0.29, 0.717) is 22.9 Å². The molecule has 4 heteroatoms. The first-order valence-corrected chi connectivity index (χ1v) is 4.30. The largest absolute Gasteiger partial charge is 0.478 e. The molecular formula is C11H7NO3. The summed E-state index contributed by atoms with van der Waals surface area (Å²) in [6, 6.07) is 7.82. The van der Waals surface area contributed by atoms with Crippen LogP contribution in [-0.4, -0.2) is 22.3 Å². The lowest BCUT2D eigenvalue weighted by Gasteiger charge is -1.99. The molecule has 2 rings (SSSR count). The molecule has 2 aromatic rings. The van der Waals surface area contributed by atoms with Crippen molar-refractivity contribution in [2.75, 3.05) is 0 Å². The Morgan fingerprint density at radius 1 is 1.27 bits per heavy atom. The first kappa shape index (κ1) is 9.33. The first-order chi connectivity index (χ1) is 7.20. The van der Waals surface area contributed by atoms with Crippen LogP contribution in [0.4, 0.5) is 0 Å². The van der Waals surface area contributed by atoms with Crippen LogP contribution in [0.3, 0.4) is 0 Å². The van der Waals surface area contributed by atoms with Crippen LogP contribution < -0.4 is 0 Å². The summed E-state index contributed by atoms with van der Waals surface area (Å²) in [4.78, 5) is 25.2. The second-order valence-corrected chi connectivity index (χ2v) is 3.07. The van der Waals surface area contributed by atoms with E-state index in [1.54, 1.807) is 18.2 Å². The highest BCUT2D eigenvalue weighted by Gasteiger charge is 2.04. The van der Waals surface area contributed by atoms with Crippen LogP contribution >= 0.6 is 0 Å². The maximum atomic E-state index is 10.7. The number of hydrogen-bond acceptors (Lipinski definition) is 3. The molecule has 0 radical (unpaired) electrons. The van der Waals surface area contributed by atoms with Gasteiger partial charge in [-0.1, -0.05) is 6.07 Å². The van der Waals surface area contributed by atoms with E-state index in [2.05, 4.69) is 4.98 Å². The van der Waals surface area contributed by atoms with E-state index in [4.69, 9.17) is 5.11 Å². The number of benzene rings is 1. The average molecular weight is 201 g/mol. The molecule has 0 atom stereocenters. The summed E-state index contributed by atoms with van der Waals surface area (Å²) < 4.78 is 0. The fourth-order valence-electron chi connectivity index (χ4n) is 1.34. The molecule has 0 bridgehead atoms. The van der Waals surface area contributed by atoms with Crippen molar-refractivity contribution in [1.29, 1.82) is 0 Å². The highest BCUT2D eigenvalue weighted by atomic mass is 16.4. The Labute approximate surface area is 85.2 Å². The van der Waals surface area contributed by atoms with Crippen molar-refractivity contribution in [2.45, 2.75) is 0 Å². The number of carbonyl (C=O) groups is 2. The second-order valence-electron chi connectivity index (χ2n) is 3.07. The Balaban J connectivity index is 2.64. The number of carboxylic acids is 1. The predicted molar refractivity (Wildman–Crippen MR) is 54.1 cm³/mol. The molecule has 1 aromatic heterocycles. The van der Waals surface area contributed by atoms with Crippen molar-refractivity contribution in [3.8, 4) is 0 Å². The van der Waals surface area contributed by atoms with Crippen molar-refractivity contribution >= 4 is 23.2 Å². The Hall–Kier alpha value is -2.23. The minimum absolute atomic E-state index is 0.211. The Morgan fingerprint density at radius 3 is 2.73 bits per heavy atom. The number of carboxylic acid groups (broad SMARTS) is 1. The van der Waals surface area contributed by atoms with Gasteiger partial charge < -0.3 is 5.11 Å². The van der Waals surface area contributed by atoms with Gasteiger partial charge in [0.2, 0.25) is 0 Å². The van der Waals surface area contributed by atoms with Crippen LogP contribution in [0.1, 0.15) is 20.8 Å². The highest BCUT2D eigenvalue weighted by Crippen LogP contribution is 2.14. The van der Waals surface area contributed by atoms with Crippen LogP contribution in [0.2, 0.25) is 0 Å². The summed E-state index contributed by atoms with van der Waals surface area (Å²) in [7, 11) is 0. The monoisotopic (exact) mass is 201 g/mol. The molecule has 74 valence electrons. The maximum Gasteiger partial charge on any atom is 0.335 e. The average Bonchev–Trinajstić information content (AvgIpc) is 2.27. The zero-order chi connectivity index (χ0) is 10.8. The minimum Gasteiger partial charge on any atom is -0.478 e. The fraction of sp³-hybridized carbons (Fsp3) is 0. The molecule has 0 aliphatic carbocycles. The number of hydrogen-bond donors (Lipinski definition) is 1. The predicted octanol–water partition coefficient (Wildman–Crippen LogP) is 1.75. The Morgan fingerprint density at radius 2 is 2.07 bits per heavy atom. The minimum atomic E-state index is -0.976. The summed E-state index contributed by atoms with van der Waals surface area (Å²) in [5, 5.41) is 9.48. The van der Waals surface area contributed by atoms with Gasteiger partial charge in [0.05, 0.1) is 11.1 Å². The topological polar surface area (TPSA) is 67.3 Å². The standard InChI is InChI=1S/C11H7NO3/c13-6-9-3-1-7-5-8(11(14)15)2-4-10(7)12-9/h1-6H,(H,14,15). The smallest absolute Gasteiger partial charge is 0.335 e. The van der Waals surface area contributed by atoms with Crippen LogP contribution in [0.5, 0.6) is 0 Å². The summed E-state index contributed by atoms with van der Waals surface area (Å²) in [6.45, 7) is 0. The van der Waals surface area contributed by atoms with E-state index in [9.17, 15) is 9.59 Å². The molecule has 1 N–H and O–H groups in total. The summed E-state index contributed by atoms with van der Waals surface area (Å²) in [6.07, 6.45) is 0.657. The number of pyridine rings is 1. The molecule has 4 nitrogen and oxygen atoms in total. The summed E-state index contributed by atoms with van der Waals surface area (Å²) in [5.74, 6) is -0.976. The van der Waals surface area contributed by atoms with Crippen LogP contribution in [0.15, 0.2) is 30.3 Å². The van der Waals surface area contributed by atoms with Crippen LogP contribution in [0.25, 0.3) is 10.9 Å². The molecule has 0 aliphatic rings. The van der Waals surface area contributed by atoms with Gasteiger partial charge in [0.1, 0.15) is 5.69 Å². The zero-order valence-electron chi connectivity index (χ0n) is 7.68. The number of aldehydes is 1. The molecular weight excluding hydrogens is 194 g/mol. The van der Waals surface area contributed by atoms with E-state index >= 15 is 0 Å². The Bertz CT molecular complexity index is 549. The first-order valence-electron chi connectivity index (χ1n) is 4.30. The van der Waals surface area contributed by atoms with E-state index in [1.165, 1.54) is 12.1 Å². The van der Waals surface area contributed by atoms with Gasteiger partial charge in [-0.25, -0.2) is 9.78 Å². The zero-order valence-corrected chi connectivity index (χ0v) is 7.68. The molecule has 0 unspecified atom stereocenters. The van der Waals surface area contributed by atoms with Gasteiger partial charge in [0.15, 0.2) is 6.29 Å². The van der Waals surface area contributed by atoms with E-state index in [0.717, 1.165) is 0 Å². The molecule has 0 spiro atoms. The SMILES string of the molecule is O=Cc1ccc2cc(C(=O)O)ccc2n1. The summed E-state index contributed by atoms with van der Waals surface area (Å²) >= 11 is 0. The lowest BCUT2D eigenvalue weighted by molar-refractivity contribution is 0.0697. The molecule has 1 aromatic carbocycles. The number of rotatable bonds is 2. The van der Waals surface area contributed by atoms with Gasteiger partial charge in [0.25, 0.3) is 0 Å². The van der Waals surface area contributed by atoms with Gasteiger partial charge in [-0.3, -0.25) is 4.79 Å². The van der Waals surface area contributed by atoms with Crippen molar-refractivity contribution in [3.63, 3.8) is 0 Å². The molecule has 15 heavy (non-hydrogen) atoms. The number of nitrogens with zero attached hydrogens (tertiary/aromatic N) is 1. The third-order valence-electron chi connectivity index (χ3n) is 2.08. The van der Waals surface area contributed by atoms with Gasteiger partial charge >= 0.3 is 5.97 Å². The lowest BCUT2D eigenvalue weighted by Crippen LogP contribution is -1.96. The van der Waals surface area contributed by atoms with E-state index in [1.807, 2.05) is 0 Å². The van der Waals surface area contributed by atoms with Gasteiger partial charge in [-0.05, 0) is 24.3 Å². The second kappa shape index (κ2) is 3.49. The molecule has 0 amide bonds. The lowest BCUT2D eigenvalue weighted by atomic mass is 10.1. The van der Waals surface area contributed by atoms with Crippen molar-refractivity contribution < 1.29 is 14.7 Å². The number of fused-ring (bicyclic) bond motifs is 1. The van der Waals surface area contributed by atoms with Crippen LogP contribution in [0, 0.1) is 0 Å². The molecule has 0 saturated heterocycles. The van der Waals surface area contributed by atoms with E-state index < -0.39 is 5.97 Å². The molecule has 1 heterocycles. The number of aromatic carboxylic acids is 1. The van der Waals surface area contributed by atoms with E-state index in [-0.39, 0.29) is 5.56 Å². The summed E-state index contributed by atoms with van der Waals surface area (Å²) in [5.41, 5.74) is 1.17. The van der Waals surface area contributed by atoms with Crippen molar-refractivity contribution in [2.24, 2.45) is 0 Å². The van der Waals surface area contributed by atoms with Gasteiger partial charge in [-0.2, -0.15) is 0 Å². The third-order valence-corrected chi connectivity index (χ3v) is 2.08. The maximum absolute atomic E-state index is 10.7. The fourth-order valence-corrected chi connectivity index (χ4v) is 1.34. The van der Waals surface area contributed by atoms with Crippen LogP contribution in [-0.2, 0) is 0 Å². The third kappa shape index (κ3) is 1.69.